The molecule has 0 fully saturated rings. The molecule has 0 atom stereocenters. The van der Waals surface area contributed by atoms with Crippen LogP contribution in [0.5, 0.6) is 11.5 Å². The van der Waals surface area contributed by atoms with E-state index in [0.717, 1.165) is 18.7 Å². The average molecular weight is 291 g/mol. The molecule has 0 spiro atoms. The minimum absolute atomic E-state index is 0.137. The van der Waals surface area contributed by atoms with E-state index in [1.54, 1.807) is 6.07 Å². The SMILES string of the molecule is CCCCCN(CC(=O)c1ccc2c(c1)OCO2)C(C)C. The van der Waals surface area contributed by atoms with Gasteiger partial charge in [0, 0.05) is 11.6 Å². The third-order valence-electron chi connectivity index (χ3n) is 3.82. The summed E-state index contributed by atoms with van der Waals surface area (Å²) in [5.41, 5.74) is 0.695. The molecule has 116 valence electrons. The van der Waals surface area contributed by atoms with Crippen molar-refractivity contribution in [3.63, 3.8) is 0 Å². The van der Waals surface area contributed by atoms with Crippen molar-refractivity contribution in [2.75, 3.05) is 19.9 Å². The quantitative estimate of drug-likeness (QED) is 0.543. The fourth-order valence-corrected chi connectivity index (χ4v) is 2.43. The molecular weight excluding hydrogens is 266 g/mol. The summed E-state index contributed by atoms with van der Waals surface area (Å²) in [7, 11) is 0. The molecule has 0 saturated carbocycles. The summed E-state index contributed by atoms with van der Waals surface area (Å²) in [6, 6.07) is 5.79. The number of ketones is 1. The normalized spacial score (nSPS) is 13.2. The number of carbonyl (C=O) groups is 1. The first-order valence-electron chi connectivity index (χ1n) is 7.78. The van der Waals surface area contributed by atoms with Gasteiger partial charge < -0.3 is 9.47 Å². The van der Waals surface area contributed by atoms with Crippen LogP contribution in [0, 0.1) is 0 Å². The van der Waals surface area contributed by atoms with Gasteiger partial charge in [-0.1, -0.05) is 19.8 Å². The van der Waals surface area contributed by atoms with Crippen LogP contribution in [0.25, 0.3) is 0 Å². The zero-order valence-corrected chi connectivity index (χ0v) is 13.2. The molecule has 0 amide bonds. The van der Waals surface area contributed by atoms with E-state index < -0.39 is 0 Å². The second-order valence-corrected chi connectivity index (χ2v) is 5.76. The number of hydrogen-bond acceptors (Lipinski definition) is 4. The van der Waals surface area contributed by atoms with Crippen LogP contribution in [0.1, 0.15) is 50.4 Å². The van der Waals surface area contributed by atoms with Gasteiger partial charge in [0.15, 0.2) is 17.3 Å². The molecule has 0 unspecified atom stereocenters. The first-order valence-corrected chi connectivity index (χ1v) is 7.78. The lowest BCUT2D eigenvalue weighted by Gasteiger charge is -2.25. The van der Waals surface area contributed by atoms with E-state index in [0.29, 0.717) is 23.9 Å². The molecule has 1 aromatic rings. The Bertz CT molecular complexity index is 485. The van der Waals surface area contributed by atoms with Crippen molar-refractivity contribution in [2.24, 2.45) is 0 Å². The molecule has 4 nitrogen and oxygen atoms in total. The predicted octanol–water partition coefficient (Wildman–Crippen LogP) is 3.50. The molecule has 1 heterocycles. The highest BCUT2D eigenvalue weighted by Crippen LogP contribution is 2.32. The first kappa shape index (κ1) is 15.8. The van der Waals surface area contributed by atoms with Crippen molar-refractivity contribution in [2.45, 2.75) is 46.1 Å². The lowest BCUT2D eigenvalue weighted by atomic mass is 10.1. The van der Waals surface area contributed by atoms with Gasteiger partial charge in [-0.2, -0.15) is 0 Å². The maximum Gasteiger partial charge on any atom is 0.231 e. The smallest absolute Gasteiger partial charge is 0.231 e. The number of hydrogen-bond donors (Lipinski definition) is 0. The van der Waals surface area contributed by atoms with E-state index >= 15 is 0 Å². The molecule has 1 aliphatic heterocycles. The van der Waals surface area contributed by atoms with Crippen LogP contribution in [0.2, 0.25) is 0 Å². The van der Waals surface area contributed by atoms with Gasteiger partial charge in [-0.25, -0.2) is 0 Å². The highest BCUT2D eigenvalue weighted by molar-refractivity contribution is 5.98. The van der Waals surface area contributed by atoms with Crippen molar-refractivity contribution in [3.05, 3.63) is 23.8 Å². The van der Waals surface area contributed by atoms with Crippen molar-refractivity contribution in [1.29, 1.82) is 0 Å². The summed E-state index contributed by atoms with van der Waals surface area (Å²) in [4.78, 5) is 14.7. The van der Waals surface area contributed by atoms with E-state index in [-0.39, 0.29) is 12.6 Å². The van der Waals surface area contributed by atoms with Crippen LogP contribution >= 0.6 is 0 Å². The van der Waals surface area contributed by atoms with Gasteiger partial charge in [0.05, 0.1) is 6.54 Å². The molecule has 0 aliphatic carbocycles. The van der Waals surface area contributed by atoms with Crippen LogP contribution in [0.15, 0.2) is 18.2 Å². The molecule has 0 aromatic heterocycles. The van der Waals surface area contributed by atoms with E-state index in [9.17, 15) is 4.79 Å². The van der Waals surface area contributed by atoms with E-state index in [1.807, 2.05) is 12.1 Å². The van der Waals surface area contributed by atoms with Crippen molar-refractivity contribution < 1.29 is 14.3 Å². The number of carbonyl (C=O) groups excluding carboxylic acids is 1. The third kappa shape index (κ3) is 4.21. The van der Waals surface area contributed by atoms with Gasteiger partial charge in [0.2, 0.25) is 6.79 Å². The maximum absolute atomic E-state index is 12.5. The second kappa shape index (κ2) is 7.46. The zero-order valence-electron chi connectivity index (χ0n) is 13.2. The summed E-state index contributed by atoms with van der Waals surface area (Å²) in [6.45, 7) is 8.14. The summed E-state index contributed by atoms with van der Waals surface area (Å²) in [5, 5.41) is 0. The van der Waals surface area contributed by atoms with Crippen LogP contribution in [-0.2, 0) is 0 Å². The van der Waals surface area contributed by atoms with Gasteiger partial charge in [0.1, 0.15) is 0 Å². The standard InChI is InChI=1S/C17H25NO3/c1-4-5-6-9-18(13(2)3)11-15(19)14-7-8-16-17(10-14)21-12-20-16/h7-8,10,13H,4-6,9,11-12H2,1-3H3. The molecule has 1 aromatic carbocycles. The Balaban J connectivity index is 1.98. The summed E-state index contributed by atoms with van der Waals surface area (Å²) in [5.74, 6) is 1.52. The molecule has 0 saturated heterocycles. The monoisotopic (exact) mass is 291 g/mol. The number of rotatable bonds is 8. The van der Waals surface area contributed by atoms with E-state index in [1.165, 1.54) is 12.8 Å². The maximum atomic E-state index is 12.5. The number of fused-ring (bicyclic) bond motifs is 1. The Labute approximate surface area is 127 Å². The minimum atomic E-state index is 0.137. The molecule has 1 aliphatic rings. The largest absolute Gasteiger partial charge is 0.454 e. The summed E-state index contributed by atoms with van der Waals surface area (Å²) in [6.07, 6.45) is 3.55. The predicted molar refractivity (Wildman–Crippen MR) is 83.1 cm³/mol. The lowest BCUT2D eigenvalue weighted by molar-refractivity contribution is 0.0903. The molecular formula is C17H25NO3. The number of Topliss-reactive ketones (excluding diaryl/α,β-unsaturated/α-hetero) is 1. The topological polar surface area (TPSA) is 38.8 Å². The van der Waals surface area contributed by atoms with Gasteiger partial charge in [-0.05, 0) is 45.0 Å². The molecule has 4 heteroatoms. The molecule has 0 bridgehead atoms. The highest BCUT2D eigenvalue weighted by Gasteiger charge is 2.19. The van der Waals surface area contributed by atoms with Gasteiger partial charge in [-0.15, -0.1) is 0 Å². The number of ether oxygens (including phenoxy) is 2. The lowest BCUT2D eigenvalue weighted by Crippen LogP contribution is -2.36. The van der Waals surface area contributed by atoms with Crippen LogP contribution in [0.4, 0.5) is 0 Å². The molecule has 21 heavy (non-hydrogen) atoms. The number of unbranched alkanes of at least 4 members (excludes halogenated alkanes) is 2. The van der Waals surface area contributed by atoms with Gasteiger partial charge in [0.25, 0.3) is 0 Å². The number of benzene rings is 1. The Kier molecular flexibility index (Phi) is 5.62. The summed E-state index contributed by atoms with van der Waals surface area (Å²) >= 11 is 0. The van der Waals surface area contributed by atoms with Crippen molar-refractivity contribution >= 4 is 5.78 Å². The Morgan fingerprint density at radius 3 is 2.71 bits per heavy atom. The Morgan fingerprint density at radius 1 is 1.24 bits per heavy atom. The zero-order chi connectivity index (χ0) is 15.2. The number of nitrogens with zero attached hydrogens (tertiary/aromatic N) is 1. The highest BCUT2D eigenvalue weighted by atomic mass is 16.7. The van der Waals surface area contributed by atoms with Crippen LogP contribution < -0.4 is 9.47 Å². The van der Waals surface area contributed by atoms with Gasteiger partial charge >= 0.3 is 0 Å². The fourth-order valence-electron chi connectivity index (χ4n) is 2.43. The van der Waals surface area contributed by atoms with E-state index in [2.05, 4.69) is 25.7 Å². The van der Waals surface area contributed by atoms with Crippen LogP contribution in [-0.4, -0.2) is 36.6 Å². The second-order valence-electron chi connectivity index (χ2n) is 5.76. The van der Waals surface area contributed by atoms with Crippen LogP contribution in [0.3, 0.4) is 0 Å². The average Bonchev–Trinajstić information content (AvgIpc) is 2.93. The summed E-state index contributed by atoms with van der Waals surface area (Å²) < 4.78 is 10.6. The van der Waals surface area contributed by atoms with Crippen molar-refractivity contribution in [3.8, 4) is 11.5 Å². The van der Waals surface area contributed by atoms with Crippen molar-refractivity contribution in [1.82, 2.24) is 4.90 Å². The minimum Gasteiger partial charge on any atom is -0.454 e. The third-order valence-corrected chi connectivity index (χ3v) is 3.82. The van der Waals surface area contributed by atoms with E-state index in [4.69, 9.17) is 9.47 Å². The Hall–Kier alpha value is -1.55. The molecule has 2 rings (SSSR count). The molecule has 0 radical (unpaired) electrons. The Morgan fingerprint density at radius 2 is 2.00 bits per heavy atom. The van der Waals surface area contributed by atoms with Gasteiger partial charge in [-0.3, -0.25) is 9.69 Å². The fraction of sp³-hybridized carbons (Fsp3) is 0.588. The molecule has 0 N–H and O–H groups in total. The first-order chi connectivity index (χ1) is 10.1.